The first-order valence-electron chi connectivity index (χ1n) is 10.2. The molecular weight excluding hydrogens is 378 g/mol. The minimum Gasteiger partial charge on any atom is -0.326 e. The Hall–Kier alpha value is -3.32. The second kappa shape index (κ2) is 9.00. The van der Waals surface area contributed by atoms with Crippen LogP contribution in [0.5, 0.6) is 0 Å². The predicted molar refractivity (Wildman–Crippen MR) is 116 cm³/mol. The molecule has 1 amide bonds. The highest BCUT2D eigenvalue weighted by molar-refractivity contribution is 5.88. The van der Waals surface area contributed by atoms with Gasteiger partial charge >= 0.3 is 0 Å². The normalized spacial score (nSPS) is 16.9. The van der Waals surface area contributed by atoms with Crippen LogP contribution in [0.3, 0.4) is 0 Å². The first-order chi connectivity index (χ1) is 14.6. The lowest BCUT2D eigenvalue weighted by atomic mass is 9.94. The van der Waals surface area contributed by atoms with Gasteiger partial charge in [0.15, 0.2) is 0 Å². The maximum atomic E-state index is 12.3. The van der Waals surface area contributed by atoms with Crippen LogP contribution in [0.4, 0.5) is 5.69 Å². The highest BCUT2D eigenvalue weighted by Crippen LogP contribution is 2.27. The summed E-state index contributed by atoms with van der Waals surface area (Å²) in [6.07, 6.45) is 5.47. The highest BCUT2D eigenvalue weighted by atomic mass is 16.1. The molecule has 0 bridgehead atoms. The van der Waals surface area contributed by atoms with Gasteiger partial charge in [0.2, 0.25) is 5.91 Å². The monoisotopic (exact) mass is 403 g/mol. The molecule has 1 fully saturated rings. The minimum atomic E-state index is -0.127. The summed E-state index contributed by atoms with van der Waals surface area (Å²) in [5.41, 5.74) is 3.57. The van der Waals surface area contributed by atoms with Crippen molar-refractivity contribution in [3.8, 4) is 11.4 Å². The number of anilines is 1. The van der Waals surface area contributed by atoms with Gasteiger partial charge in [-0.15, -0.1) is 0 Å². The molecule has 1 aromatic carbocycles. The molecule has 1 atom stereocenters. The van der Waals surface area contributed by atoms with E-state index >= 15 is 0 Å². The topological polar surface area (TPSA) is 91.0 Å². The Morgan fingerprint density at radius 1 is 1.20 bits per heavy atom. The highest BCUT2D eigenvalue weighted by Gasteiger charge is 2.23. The molecule has 1 aliphatic heterocycles. The molecule has 3 heterocycles. The molecule has 0 spiro atoms. The van der Waals surface area contributed by atoms with Crippen LogP contribution in [-0.4, -0.2) is 38.8 Å². The number of rotatable bonds is 5. The van der Waals surface area contributed by atoms with E-state index in [1.54, 1.807) is 18.5 Å². The quantitative estimate of drug-likeness (QED) is 0.683. The Bertz CT molecular complexity index is 1060. The first-order valence-corrected chi connectivity index (χ1v) is 10.2. The van der Waals surface area contributed by atoms with Crippen molar-refractivity contribution in [2.75, 3.05) is 18.4 Å². The van der Waals surface area contributed by atoms with Gasteiger partial charge in [0.05, 0.1) is 5.69 Å². The number of benzene rings is 1. The molecule has 1 aliphatic rings. The van der Waals surface area contributed by atoms with Gasteiger partial charge in [-0.3, -0.25) is 19.5 Å². The fourth-order valence-corrected chi connectivity index (χ4v) is 3.93. The van der Waals surface area contributed by atoms with E-state index < -0.39 is 0 Å². The Morgan fingerprint density at radius 3 is 2.70 bits per heavy atom. The van der Waals surface area contributed by atoms with Crippen molar-refractivity contribution in [2.24, 2.45) is 0 Å². The zero-order valence-electron chi connectivity index (χ0n) is 17.0. The van der Waals surface area contributed by atoms with E-state index in [2.05, 4.69) is 20.2 Å². The fraction of sp³-hybridized carbons (Fsp3) is 0.304. The molecule has 1 saturated heterocycles. The number of carbonyl (C=O) groups is 1. The lowest BCUT2D eigenvalue weighted by Crippen LogP contribution is -2.34. The van der Waals surface area contributed by atoms with Crippen molar-refractivity contribution in [2.45, 2.75) is 32.2 Å². The maximum absolute atomic E-state index is 12.3. The van der Waals surface area contributed by atoms with Crippen LogP contribution in [0.2, 0.25) is 0 Å². The van der Waals surface area contributed by atoms with Crippen molar-refractivity contribution in [3.63, 3.8) is 0 Å². The Balaban J connectivity index is 1.47. The first kappa shape index (κ1) is 20.0. The molecule has 2 N–H and O–H groups in total. The summed E-state index contributed by atoms with van der Waals surface area (Å²) in [4.78, 5) is 37.4. The molecule has 1 unspecified atom stereocenters. The number of nitrogens with one attached hydrogen (secondary N) is 2. The molecule has 3 aromatic rings. The Kier molecular flexibility index (Phi) is 5.99. The summed E-state index contributed by atoms with van der Waals surface area (Å²) in [6.45, 7) is 4.21. The van der Waals surface area contributed by atoms with Gasteiger partial charge in [-0.2, -0.15) is 0 Å². The molecule has 2 aromatic heterocycles. The molecule has 30 heavy (non-hydrogen) atoms. The number of carbonyl (C=O) groups excluding carboxylic acids is 1. The van der Waals surface area contributed by atoms with Gasteiger partial charge in [0.1, 0.15) is 5.82 Å². The third-order valence-corrected chi connectivity index (χ3v) is 5.32. The smallest absolute Gasteiger partial charge is 0.251 e. The zero-order chi connectivity index (χ0) is 20.9. The maximum Gasteiger partial charge on any atom is 0.251 e. The third-order valence-electron chi connectivity index (χ3n) is 5.32. The molecule has 7 heteroatoms. The largest absolute Gasteiger partial charge is 0.326 e. The standard InChI is InChI=1S/C23H25N5O2/c1-16(29)25-20-6-4-17(5-7-20)14-28-12-2-3-19(15-28)21-13-22(30)27-23(26-21)18-8-10-24-11-9-18/h4-11,13,19H,2-3,12,14-15H2,1H3,(H,25,29)(H,26,27,30). The number of likely N-dealkylation sites (tertiary alicyclic amines) is 1. The predicted octanol–water partition coefficient (Wildman–Crippen LogP) is 3.17. The van der Waals surface area contributed by atoms with Gasteiger partial charge in [0, 0.05) is 55.6 Å². The van der Waals surface area contributed by atoms with E-state index in [4.69, 9.17) is 4.98 Å². The van der Waals surface area contributed by atoms with E-state index in [9.17, 15) is 9.59 Å². The summed E-state index contributed by atoms with van der Waals surface area (Å²) in [5.74, 6) is 0.740. The molecule has 0 saturated carbocycles. The van der Waals surface area contributed by atoms with Gasteiger partial charge in [-0.25, -0.2) is 4.98 Å². The average Bonchev–Trinajstić information content (AvgIpc) is 2.75. The number of H-pyrrole nitrogens is 1. The van der Waals surface area contributed by atoms with Crippen molar-refractivity contribution in [1.29, 1.82) is 0 Å². The van der Waals surface area contributed by atoms with Gasteiger partial charge < -0.3 is 10.3 Å². The summed E-state index contributed by atoms with van der Waals surface area (Å²) < 4.78 is 0. The second-order valence-electron chi connectivity index (χ2n) is 7.71. The number of aromatic amines is 1. The average molecular weight is 403 g/mol. The molecule has 154 valence electrons. The molecule has 0 aliphatic carbocycles. The number of aromatic nitrogens is 3. The molecule has 7 nitrogen and oxygen atoms in total. The SMILES string of the molecule is CC(=O)Nc1ccc(CN2CCCC(c3cc(=O)[nH]c(-c4ccncc4)n3)C2)cc1. The van der Waals surface area contributed by atoms with Crippen LogP contribution < -0.4 is 10.9 Å². The van der Waals surface area contributed by atoms with Crippen molar-refractivity contribution in [3.05, 3.63) is 76.5 Å². The third kappa shape index (κ3) is 4.99. The van der Waals surface area contributed by atoms with E-state index in [1.807, 2.05) is 36.4 Å². The number of nitrogens with zero attached hydrogens (tertiary/aromatic N) is 3. The Morgan fingerprint density at radius 2 is 1.97 bits per heavy atom. The van der Waals surface area contributed by atoms with E-state index in [0.29, 0.717) is 5.82 Å². The van der Waals surface area contributed by atoms with Crippen LogP contribution in [0.15, 0.2) is 59.7 Å². The van der Waals surface area contributed by atoms with E-state index in [-0.39, 0.29) is 17.4 Å². The number of hydrogen-bond acceptors (Lipinski definition) is 5. The van der Waals surface area contributed by atoms with Gasteiger partial charge in [0.25, 0.3) is 5.56 Å². The zero-order valence-corrected chi connectivity index (χ0v) is 17.0. The van der Waals surface area contributed by atoms with Crippen molar-refractivity contribution >= 4 is 11.6 Å². The number of pyridine rings is 1. The number of piperidine rings is 1. The second-order valence-corrected chi connectivity index (χ2v) is 7.71. The van der Waals surface area contributed by atoms with Crippen LogP contribution in [0.25, 0.3) is 11.4 Å². The van der Waals surface area contributed by atoms with Gasteiger partial charge in [-0.05, 0) is 49.2 Å². The van der Waals surface area contributed by atoms with Crippen LogP contribution in [-0.2, 0) is 11.3 Å². The fourth-order valence-electron chi connectivity index (χ4n) is 3.93. The molecule has 0 radical (unpaired) electrons. The molecular formula is C23H25N5O2. The van der Waals surface area contributed by atoms with Crippen molar-refractivity contribution < 1.29 is 4.79 Å². The summed E-state index contributed by atoms with van der Waals surface area (Å²) in [7, 11) is 0. The van der Waals surface area contributed by atoms with Gasteiger partial charge in [-0.1, -0.05) is 12.1 Å². The lowest BCUT2D eigenvalue weighted by Gasteiger charge is -2.32. The van der Waals surface area contributed by atoms with Crippen LogP contribution in [0, 0.1) is 0 Å². The molecule has 4 rings (SSSR count). The number of amides is 1. The number of hydrogen-bond donors (Lipinski definition) is 2. The summed E-state index contributed by atoms with van der Waals surface area (Å²) >= 11 is 0. The van der Waals surface area contributed by atoms with E-state index in [0.717, 1.165) is 49.4 Å². The Labute approximate surface area is 175 Å². The van der Waals surface area contributed by atoms with E-state index in [1.165, 1.54) is 12.5 Å². The van der Waals surface area contributed by atoms with Crippen LogP contribution >= 0.6 is 0 Å². The lowest BCUT2D eigenvalue weighted by molar-refractivity contribution is -0.114. The minimum absolute atomic E-state index is 0.0712. The summed E-state index contributed by atoms with van der Waals surface area (Å²) in [6, 6.07) is 13.3. The van der Waals surface area contributed by atoms with Crippen molar-refractivity contribution in [1.82, 2.24) is 19.9 Å². The van der Waals surface area contributed by atoms with Crippen LogP contribution in [0.1, 0.15) is 36.9 Å². The summed E-state index contributed by atoms with van der Waals surface area (Å²) in [5, 5.41) is 2.79.